The summed E-state index contributed by atoms with van der Waals surface area (Å²) in [5, 5.41) is 11.3. The highest BCUT2D eigenvalue weighted by molar-refractivity contribution is 5.94. The van der Waals surface area contributed by atoms with Crippen molar-refractivity contribution >= 4 is 17.6 Å². The maximum absolute atomic E-state index is 11.9. The lowest BCUT2D eigenvalue weighted by Crippen LogP contribution is -2.23. The van der Waals surface area contributed by atoms with Gasteiger partial charge in [-0.1, -0.05) is 0 Å². The van der Waals surface area contributed by atoms with Gasteiger partial charge < -0.3 is 24.3 Å². The standard InChI is InChI=1S/C19H18N2O6/c1-24-15-7-8-16(17(9-15)25-2)21-18(22)11-27-19(23)12-26-14-5-3-13(10-20)4-6-14/h3-9H,11-12H2,1-2H3,(H,21,22). The summed E-state index contributed by atoms with van der Waals surface area (Å²) in [6.07, 6.45) is 0. The molecule has 2 rings (SSSR count). The fraction of sp³-hybridized carbons (Fsp3) is 0.211. The second kappa shape index (κ2) is 9.68. The van der Waals surface area contributed by atoms with Gasteiger partial charge in [-0.15, -0.1) is 0 Å². The molecule has 0 saturated carbocycles. The molecule has 0 fully saturated rings. The third kappa shape index (κ3) is 5.93. The zero-order chi connectivity index (χ0) is 19.6. The van der Waals surface area contributed by atoms with E-state index < -0.39 is 18.5 Å². The van der Waals surface area contributed by atoms with Crippen LogP contribution in [0.3, 0.4) is 0 Å². The third-order valence-electron chi connectivity index (χ3n) is 3.39. The Morgan fingerprint density at radius 2 is 1.70 bits per heavy atom. The molecule has 0 aromatic heterocycles. The number of hydrogen-bond donors (Lipinski definition) is 1. The Labute approximate surface area is 156 Å². The molecule has 0 spiro atoms. The van der Waals surface area contributed by atoms with E-state index in [4.69, 9.17) is 24.2 Å². The molecule has 2 aromatic rings. The highest BCUT2D eigenvalue weighted by Gasteiger charge is 2.12. The van der Waals surface area contributed by atoms with E-state index in [0.29, 0.717) is 28.5 Å². The second-order valence-electron chi connectivity index (χ2n) is 5.20. The van der Waals surface area contributed by atoms with Crippen molar-refractivity contribution in [1.29, 1.82) is 5.26 Å². The van der Waals surface area contributed by atoms with Gasteiger partial charge in [0, 0.05) is 6.07 Å². The van der Waals surface area contributed by atoms with Crippen molar-refractivity contribution in [2.45, 2.75) is 0 Å². The average molecular weight is 370 g/mol. The van der Waals surface area contributed by atoms with Gasteiger partial charge in [0.2, 0.25) is 0 Å². The van der Waals surface area contributed by atoms with E-state index in [1.165, 1.54) is 14.2 Å². The van der Waals surface area contributed by atoms with Gasteiger partial charge in [-0.25, -0.2) is 4.79 Å². The van der Waals surface area contributed by atoms with E-state index >= 15 is 0 Å². The quantitative estimate of drug-likeness (QED) is 0.709. The molecule has 0 aliphatic carbocycles. The number of benzene rings is 2. The van der Waals surface area contributed by atoms with E-state index in [2.05, 4.69) is 5.32 Å². The van der Waals surface area contributed by atoms with Crippen LogP contribution < -0.4 is 19.5 Å². The number of carbonyl (C=O) groups excluding carboxylic acids is 2. The van der Waals surface area contributed by atoms with E-state index in [1.807, 2.05) is 6.07 Å². The number of nitrogens with zero attached hydrogens (tertiary/aromatic N) is 1. The predicted molar refractivity (Wildman–Crippen MR) is 95.8 cm³/mol. The van der Waals surface area contributed by atoms with Crippen molar-refractivity contribution in [1.82, 2.24) is 0 Å². The Morgan fingerprint density at radius 3 is 2.33 bits per heavy atom. The number of esters is 1. The highest BCUT2D eigenvalue weighted by atomic mass is 16.6. The Balaban J connectivity index is 1.79. The minimum absolute atomic E-state index is 0.356. The summed E-state index contributed by atoms with van der Waals surface area (Å²) in [6, 6.07) is 13.1. The van der Waals surface area contributed by atoms with Gasteiger partial charge in [0.25, 0.3) is 5.91 Å². The lowest BCUT2D eigenvalue weighted by molar-refractivity contribution is -0.149. The highest BCUT2D eigenvalue weighted by Crippen LogP contribution is 2.28. The van der Waals surface area contributed by atoms with Gasteiger partial charge in [-0.2, -0.15) is 5.26 Å². The summed E-state index contributed by atoms with van der Waals surface area (Å²) in [4.78, 5) is 23.6. The van der Waals surface area contributed by atoms with Gasteiger partial charge in [0.05, 0.1) is 31.5 Å². The fourth-order valence-electron chi connectivity index (χ4n) is 2.04. The number of methoxy groups -OCH3 is 2. The first-order chi connectivity index (χ1) is 13.0. The molecule has 140 valence electrons. The number of rotatable bonds is 8. The van der Waals surface area contributed by atoms with Crippen LogP contribution in [-0.4, -0.2) is 39.3 Å². The Bertz CT molecular complexity index is 842. The number of nitriles is 1. The maximum atomic E-state index is 11.9. The summed E-state index contributed by atoms with van der Waals surface area (Å²) in [6.45, 7) is -0.824. The van der Waals surface area contributed by atoms with Gasteiger partial charge in [0.15, 0.2) is 13.2 Å². The minimum atomic E-state index is -0.698. The van der Waals surface area contributed by atoms with Crippen LogP contribution in [0.25, 0.3) is 0 Å². The van der Waals surface area contributed by atoms with Crippen molar-refractivity contribution < 1.29 is 28.5 Å². The van der Waals surface area contributed by atoms with Gasteiger partial charge in [-0.05, 0) is 36.4 Å². The molecule has 0 unspecified atom stereocenters. The predicted octanol–water partition coefficient (Wildman–Crippen LogP) is 2.14. The molecule has 2 aromatic carbocycles. The van der Waals surface area contributed by atoms with Crippen molar-refractivity contribution in [3.63, 3.8) is 0 Å². The smallest absolute Gasteiger partial charge is 0.344 e. The molecule has 0 bridgehead atoms. The second-order valence-corrected chi connectivity index (χ2v) is 5.20. The Kier molecular flexibility index (Phi) is 7.02. The summed E-state index contributed by atoms with van der Waals surface area (Å²) < 4.78 is 20.4. The third-order valence-corrected chi connectivity index (χ3v) is 3.39. The molecule has 27 heavy (non-hydrogen) atoms. The molecule has 1 N–H and O–H groups in total. The number of carbonyl (C=O) groups is 2. The lowest BCUT2D eigenvalue weighted by atomic mass is 10.2. The number of hydrogen-bond acceptors (Lipinski definition) is 7. The van der Waals surface area contributed by atoms with Crippen molar-refractivity contribution in [2.24, 2.45) is 0 Å². The SMILES string of the molecule is COc1ccc(NC(=O)COC(=O)COc2ccc(C#N)cc2)c(OC)c1. The normalized spacial score (nSPS) is 9.67. The number of ether oxygens (including phenoxy) is 4. The molecule has 1 amide bonds. The topological polar surface area (TPSA) is 107 Å². The van der Waals surface area contributed by atoms with E-state index in [1.54, 1.807) is 42.5 Å². The number of anilines is 1. The maximum Gasteiger partial charge on any atom is 0.344 e. The van der Waals surface area contributed by atoms with Crippen LogP contribution in [0.5, 0.6) is 17.2 Å². The number of nitrogens with one attached hydrogen (secondary N) is 1. The monoisotopic (exact) mass is 370 g/mol. The van der Waals surface area contributed by atoms with E-state index in [9.17, 15) is 9.59 Å². The van der Waals surface area contributed by atoms with Crippen LogP contribution in [0.1, 0.15) is 5.56 Å². The zero-order valence-corrected chi connectivity index (χ0v) is 14.9. The van der Waals surface area contributed by atoms with Crippen LogP contribution in [-0.2, 0) is 14.3 Å². The van der Waals surface area contributed by atoms with E-state index in [-0.39, 0.29) is 6.61 Å². The molecule has 8 nitrogen and oxygen atoms in total. The van der Waals surface area contributed by atoms with Crippen LogP contribution in [0.4, 0.5) is 5.69 Å². The average Bonchev–Trinajstić information content (AvgIpc) is 2.71. The molecular weight excluding hydrogens is 352 g/mol. The first-order valence-corrected chi connectivity index (χ1v) is 7.86. The fourth-order valence-corrected chi connectivity index (χ4v) is 2.04. The molecule has 0 heterocycles. The molecular formula is C19H18N2O6. The van der Waals surface area contributed by atoms with Crippen molar-refractivity contribution in [2.75, 3.05) is 32.8 Å². The van der Waals surface area contributed by atoms with Crippen LogP contribution in [0, 0.1) is 11.3 Å². The van der Waals surface area contributed by atoms with Crippen LogP contribution in [0.15, 0.2) is 42.5 Å². The van der Waals surface area contributed by atoms with Gasteiger partial charge in [0.1, 0.15) is 17.2 Å². The molecule has 0 aliphatic rings. The van der Waals surface area contributed by atoms with Gasteiger partial charge >= 0.3 is 5.97 Å². The van der Waals surface area contributed by atoms with Crippen LogP contribution >= 0.6 is 0 Å². The summed E-state index contributed by atoms with van der Waals surface area (Å²) in [5.41, 5.74) is 0.906. The molecule has 0 radical (unpaired) electrons. The molecule has 0 aliphatic heterocycles. The summed E-state index contributed by atoms with van der Waals surface area (Å²) >= 11 is 0. The van der Waals surface area contributed by atoms with Crippen molar-refractivity contribution in [3.8, 4) is 23.3 Å². The Hall–Kier alpha value is -3.73. The van der Waals surface area contributed by atoms with Gasteiger partial charge in [-0.3, -0.25) is 4.79 Å². The summed E-state index contributed by atoms with van der Waals surface area (Å²) in [7, 11) is 2.98. The largest absolute Gasteiger partial charge is 0.497 e. The zero-order valence-electron chi connectivity index (χ0n) is 14.9. The molecule has 0 saturated heterocycles. The number of amides is 1. The minimum Gasteiger partial charge on any atom is -0.497 e. The van der Waals surface area contributed by atoms with Crippen LogP contribution in [0.2, 0.25) is 0 Å². The first kappa shape index (κ1) is 19.6. The Morgan fingerprint density at radius 1 is 1.00 bits per heavy atom. The molecule has 8 heteroatoms. The first-order valence-electron chi connectivity index (χ1n) is 7.86. The van der Waals surface area contributed by atoms with E-state index in [0.717, 1.165) is 0 Å². The lowest BCUT2D eigenvalue weighted by Gasteiger charge is -2.12. The molecule has 0 atom stereocenters. The van der Waals surface area contributed by atoms with Crippen molar-refractivity contribution in [3.05, 3.63) is 48.0 Å². The summed E-state index contributed by atoms with van der Waals surface area (Å²) in [5.74, 6) is 0.189.